The lowest BCUT2D eigenvalue weighted by Gasteiger charge is -2.32. The van der Waals surface area contributed by atoms with Crippen molar-refractivity contribution >= 4 is 65.0 Å². The van der Waals surface area contributed by atoms with Gasteiger partial charge in [0.1, 0.15) is 0 Å². The van der Waals surface area contributed by atoms with E-state index in [4.69, 9.17) is 22.9 Å². The summed E-state index contributed by atoms with van der Waals surface area (Å²) in [6.07, 6.45) is 10.0. The van der Waals surface area contributed by atoms with Crippen molar-refractivity contribution in [3.8, 4) is 0 Å². The summed E-state index contributed by atoms with van der Waals surface area (Å²) >= 11 is 0. The summed E-state index contributed by atoms with van der Waals surface area (Å²) in [6.45, 7) is 4.82. The molecule has 1 aliphatic carbocycles. The molecule has 4 rings (SSSR count). The largest absolute Gasteiger partial charge is 0.481 e. The number of nitrogens with one attached hydrogen (secondary N) is 4. The maximum atomic E-state index is 14.7. The number of aliphatic carboxylic acids is 1. The van der Waals surface area contributed by atoms with Crippen molar-refractivity contribution in [2.24, 2.45) is 34.8 Å². The van der Waals surface area contributed by atoms with Gasteiger partial charge >= 0.3 is 5.97 Å². The van der Waals surface area contributed by atoms with Gasteiger partial charge in [0.15, 0.2) is 0 Å². The van der Waals surface area contributed by atoms with Crippen molar-refractivity contribution in [2.45, 2.75) is 186 Å². The predicted octanol–water partition coefficient (Wildman–Crippen LogP) is 3.57. The van der Waals surface area contributed by atoms with Crippen LogP contribution in [0, 0.1) is 11.8 Å². The van der Waals surface area contributed by atoms with Crippen molar-refractivity contribution < 1.29 is 57.8 Å². The number of aryl methyl sites for hydroxylation is 1. The highest BCUT2D eigenvalue weighted by atomic mass is 16.4. The van der Waals surface area contributed by atoms with E-state index in [1.165, 1.54) is 38.3 Å². The van der Waals surface area contributed by atoms with Crippen LogP contribution in [0.1, 0.15) is 154 Å². The number of carbonyl (C=O) groups excluding carboxylic acids is 10. The molecule has 0 aliphatic heterocycles. The summed E-state index contributed by atoms with van der Waals surface area (Å²) in [5.74, 6) is -5.87. The van der Waals surface area contributed by atoms with Crippen LogP contribution in [0.25, 0.3) is 0 Å². The topological polar surface area (TPSA) is 376 Å². The summed E-state index contributed by atoms with van der Waals surface area (Å²) in [4.78, 5) is 157. The number of nitrogens with zero attached hydrogens (tertiary/aromatic N) is 5. The third-order valence-corrected chi connectivity index (χ3v) is 17.3. The molecular weight excluding hydrogens is 1240 g/mol. The van der Waals surface area contributed by atoms with E-state index in [1.54, 1.807) is 0 Å². The van der Waals surface area contributed by atoms with Gasteiger partial charge in [0, 0.05) is 90.0 Å². The first-order chi connectivity index (χ1) is 46.4. The van der Waals surface area contributed by atoms with E-state index in [0.29, 0.717) is 64.0 Å². The molecule has 0 radical (unpaired) electrons. The van der Waals surface area contributed by atoms with Gasteiger partial charge in [-0.25, -0.2) is 0 Å². The average Bonchev–Trinajstić information content (AvgIpc) is 1.04. The lowest BCUT2D eigenvalue weighted by Crippen LogP contribution is -2.55. The zero-order valence-electron chi connectivity index (χ0n) is 57.8. The van der Waals surface area contributed by atoms with Crippen molar-refractivity contribution in [3.63, 3.8) is 0 Å². The van der Waals surface area contributed by atoms with Gasteiger partial charge in [0.2, 0.25) is 59.1 Å². The Labute approximate surface area is 573 Å². The number of carboxylic acids is 1. The highest BCUT2D eigenvalue weighted by molar-refractivity contribution is 5.88. The van der Waals surface area contributed by atoms with Gasteiger partial charge in [0.05, 0.1) is 45.2 Å². The van der Waals surface area contributed by atoms with Crippen molar-refractivity contribution in [2.75, 3.05) is 78.5 Å². The van der Waals surface area contributed by atoms with Crippen LogP contribution in [-0.2, 0) is 72.0 Å². The monoisotopic (exact) mass is 1350 g/mol. The van der Waals surface area contributed by atoms with Gasteiger partial charge in [-0.2, -0.15) is 0 Å². The molecule has 97 heavy (non-hydrogen) atoms. The number of carboxylic acid groups (broad SMARTS) is 1. The summed E-state index contributed by atoms with van der Waals surface area (Å²) in [5.41, 5.74) is 26.2. The second kappa shape index (κ2) is 45.3. The zero-order chi connectivity index (χ0) is 71.1. The van der Waals surface area contributed by atoms with Crippen LogP contribution in [0.2, 0.25) is 0 Å². The summed E-state index contributed by atoms with van der Waals surface area (Å²) in [7, 11) is 0. The number of hydrogen-bond donors (Lipinski definition) is 9. The molecule has 5 atom stereocenters. The van der Waals surface area contributed by atoms with Crippen molar-refractivity contribution in [1.82, 2.24) is 45.8 Å². The second-order valence-corrected chi connectivity index (χ2v) is 26.4. The minimum absolute atomic E-state index is 0.00643. The Morgan fingerprint density at radius 1 is 0.485 bits per heavy atom. The van der Waals surface area contributed by atoms with Gasteiger partial charge in [-0.15, -0.1) is 0 Å². The first kappa shape index (κ1) is 81.1. The van der Waals surface area contributed by atoms with E-state index in [9.17, 15) is 57.8 Å². The highest BCUT2D eigenvalue weighted by Crippen LogP contribution is 2.28. The molecule has 536 valence electrons. The Hall–Kier alpha value is -8.29. The van der Waals surface area contributed by atoms with Crippen LogP contribution in [0.15, 0.2) is 91.0 Å². The zero-order valence-corrected chi connectivity index (χ0v) is 57.8. The number of amides is 10. The SMILES string of the molecule is CC(=O)N(CC(=O)N[C@@H](CCC(=O)O)CN(CC(N)=O)C(=O)CCc1ccccc1)C[C@H](CCCCN)NC(=O)CN(C[C@H](Cc1ccccc1)NC(=O)CN(C[C@H](CC(C)C)NC(=O)CN(C[C@@H](N)CCCCN)C(=O)Cc1ccccc1)C(C)=O)C(=O)CCC1CCCCC1. The maximum Gasteiger partial charge on any atom is 0.303 e. The van der Waals surface area contributed by atoms with Gasteiger partial charge in [-0.05, 0) is 99.4 Å². The third-order valence-electron chi connectivity index (χ3n) is 17.3. The second-order valence-electron chi connectivity index (χ2n) is 26.4. The standard InChI is InChI=1S/C72H111N13O12/c1-52(2)39-62(79-68(92)50-83(42-59(75)29-17-19-37-73)71(95)41-58-27-15-8-16-28-58)45-82(54(4)87)49-66(90)80-63(40-57-25-13-7-14-26-57)46-85(70(94)35-32-56-23-11-6-12-24-56)51-67(91)77-60(30-18-20-38-74)43-81(53(3)86)48-65(89)78-61(33-36-72(96)97)44-84(47-64(76)88)69(93)34-31-55-21-9-5-10-22-55/h5,7-10,13-16,21-22,25-28,52,56,59-63H,6,11-12,17-20,23-24,29-51,73-75H2,1-4H3,(H2,76,88)(H,77,91)(H,78,89)(H,79,92)(H,80,90)(H,96,97)/t59-,60-,61-,62-,63-/m0/s1. The molecule has 25 nitrogen and oxygen atoms in total. The van der Waals surface area contributed by atoms with E-state index < -0.39 is 116 Å². The van der Waals surface area contributed by atoms with Crippen LogP contribution in [-0.4, -0.2) is 203 Å². The highest BCUT2D eigenvalue weighted by Gasteiger charge is 2.31. The van der Waals surface area contributed by atoms with Crippen LogP contribution < -0.4 is 44.2 Å². The predicted molar refractivity (Wildman–Crippen MR) is 372 cm³/mol. The minimum atomic E-state index is -1.16. The van der Waals surface area contributed by atoms with E-state index in [0.717, 1.165) is 61.6 Å². The normalized spacial score (nSPS) is 13.8. The molecular formula is C72H111N13O12. The number of benzene rings is 3. The summed E-state index contributed by atoms with van der Waals surface area (Å²) in [5, 5.41) is 21.6. The van der Waals surface area contributed by atoms with Crippen LogP contribution >= 0.6 is 0 Å². The fraction of sp³-hybridized carbons (Fsp3) is 0.597. The van der Waals surface area contributed by atoms with E-state index in [2.05, 4.69) is 21.3 Å². The molecule has 0 saturated heterocycles. The number of unbranched alkanes of at least 4 members (excludes halogenated alkanes) is 2. The Balaban J connectivity index is 1.57. The third kappa shape index (κ3) is 34.5. The number of hydrogen-bond acceptors (Lipinski definition) is 14. The molecule has 0 heterocycles. The van der Waals surface area contributed by atoms with Gasteiger partial charge in [-0.3, -0.25) is 52.7 Å². The van der Waals surface area contributed by atoms with Gasteiger partial charge in [0.25, 0.3) is 0 Å². The fourth-order valence-corrected chi connectivity index (χ4v) is 12.3. The molecule has 3 aromatic carbocycles. The van der Waals surface area contributed by atoms with Gasteiger partial charge in [-0.1, -0.05) is 150 Å². The molecule has 0 unspecified atom stereocenters. The quantitative estimate of drug-likeness (QED) is 0.0365. The Bertz CT molecular complexity index is 2920. The first-order valence-corrected chi connectivity index (χ1v) is 34.7. The molecule has 10 amide bonds. The number of rotatable bonds is 47. The van der Waals surface area contributed by atoms with Crippen molar-refractivity contribution in [3.05, 3.63) is 108 Å². The minimum Gasteiger partial charge on any atom is -0.481 e. The summed E-state index contributed by atoms with van der Waals surface area (Å²) in [6, 6.07) is 24.2. The van der Waals surface area contributed by atoms with Crippen LogP contribution in [0.5, 0.6) is 0 Å². The molecule has 13 N–H and O–H groups in total. The Morgan fingerprint density at radius 2 is 0.918 bits per heavy atom. The van der Waals surface area contributed by atoms with Gasteiger partial charge < -0.3 is 73.8 Å². The fourth-order valence-electron chi connectivity index (χ4n) is 12.3. The number of nitrogens with two attached hydrogens (primary N) is 4. The van der Waals surface area contributed by atoms with E-state index >= 15 is 0 Å². The molecule has 1 fully saturated rings. The Kier molecular flexibility index (Phi) is 37.9. The molecule has 0 bridgehead atoms. The molecule has 3 aromatic rings. The molecule has 1 aliphatic rings. The van der Waals surface area contributed by atoms with E-state index in [-0.39, 0.29) is 89.1 Å². The van der Waals surface area contributed by atoms with E-state index in [1.807, 2.05) is 105 Å². The Morgan fingerprint density at radius 3 is 1.43 bits per heavy atom. The maximum absolute atomic E-state index is 14.7. The average molecular weight is 1350 g/mol. The lowest BCUT2D eigenvalue weighted by atomic mass is 9.86. The lowest BCUT2D eigenvalue weighted by molar-refractivity contribution is -0.138. The van der Waals surface area contributed by atoms with Crippen LogP contribution in [0.4, 0.5) is 0 Å². The molecule has 1 saturated carbocycles. The number of primary amides is 1. The van der Waals surface area contributed by atoms with Crippen LogP contribution in [0.3, 0.4) is 0 Å². The molecule has 0 spiro atoms. The number of carbonyl (C=O) groups is 11. The molecule has 0 aromatic heterocycles. The first-order valence-electron chi connectivity index (χ1n) is 34.7. The smallest absolute Gasteiger partial charge is 0.303 e. The summed E-state index contributed by atoms with van der Waals surface area (Å²) < 4.78 is 0. The van der Waals surface area contributed by atoms with Crippen molar-refractivity contribution in [1.29, 1.82) is 0 Å². The molecule has 25 heteroatoms.